The zero-order valence-electron chi connectivity index (χ0n) is 10.9. The Kier molecular flexibility index (Phi) is 5.19. The van der Waals surface area contributed by atoms with E-state index in [1.807, 2.05) is 24.3 Å². The van der Waals surface area contributed by atoms with Crippen LogP contribution in [0.5, 0.6) is 0 Å². The molecule has 2 rings (SSSR count). The fourth-order valence-electron chi connectivity index (χ4n) is 2.30. The minimum atomic E-state index is 0.0659. The number of nitrogens with one attached hydrogen (secondary N) is 1. The Bertz CT molecular complexity index is 438. The van der Waals surface area contributed by atoms with Gasteiger partial charge in [0.25, 0.3) is 0 Å². The third-order valence-electron chi connectivity index (χ3n) is 3.30. The van der Waals surface area contributed by atoms with Gasteiger partial charge in [-0.2, -0.15) is 0 Å². The van der Waals surface area contributed by atoms with Crippen LogP contribution < -0.4 is 11.1 Å². The molecule has 4 nitrogen and oxygen atoms in total. The Morgan fingerprint density at radius 3 is 3.05 bits per heavy atom. The predicted octanol–water partition coefficient (Wildman–Crippen LogP) is 1.03. The van der Waals surface area contributed by atoms with E-state index in [2.05, 4.69) is 10.2 Å². The van der Waals surface area contributed by atoms with Crippen molar-refractivity contribution in [1.29, 1.82) is 0 Å². The lowest BCUT2D eigenvalue weighted by molar-refractivity contribution is -0.121. The number of carbonyl (C=O) groups is 1. The molecule has 0 aliphatic carbocycles. The van der Waals surface area contributed by atoms with Crippen LogP contribution in [0.2, 0.25) is 5.02 Å². The zero-order chi connectivity index (χ0) is 13.7. The number of nitrogens with zero attached hydrogens (tertiary/aromatic N) is 1. The summed E-state index contributed by atoms with van der Waals surface area (Å²) in [5, 5.41) is 3.66. The second kappa shape index (κ2) is 6.89. The van der Waals surface area contributed by atoms with Crippen molar-refractivity contribution < 1.29 is 4.79 Å². The second-order valence-corrected chi connectivity index (χ2v) is 5.45. The van der Waals surface area contributed by atoms with E-state index >= 15 is 0 Å². The Labute approximate surface area is 118 Å². The molecule has 1 amide bonds. The van der Waals surface area contributed by atoms with Gasteiger partial charge < -0.3 is 11.1 Å². The third kappa shape index (κ3) is 4.82. The predicted molar refractivity (Wildman–Crippen MR) is 77.2 cm³/mol. The van der Waals surface area contributed by atoms with E-state index in [4.69, 9.17) is 17.3 Å². The highest BCUT2D eigenvalue weighted by Crippen LogP contribution is 2.10. The smallest absolute Gasteiger partial charge is 0.234 e. The van der Waals surface area contributed by atoms with Crippen molar-refractivity contribution in [3.05, 3.63) is 34.9 Å². The van der Waals surface area contributed by atoms with Gasteiger partial charge in [0.15, 0.2) is 0 Å². The van der Waals surface area contributed by atoms with Crippen molar-refractivity contribution in [1.82, 2.24) is 10.2 Å². The molecular formula is C14H20ClN3O. The first-order valence-corrected chi connectivity index (χ1v) is 7.00. The number of nitrogens with two attached hydrogens (primary N) is 1. The van der Waals surface area contributed by atoms with Crippen molar-refractivity contribution in [2.75, 3.05) is 26.2 Å². The summed E-state index contributed by atoms with van der Waals surface area (Å²) in [4.78, 5) is 13.8. The average Bonchev–Trinajstić information content (AvgIpc) is 2.75. The summed E-state index contributed by atoms with van der Waals surface area (Å²) in [5.74, 6) is 0.0659. The highest BCUT2D eigenvalue weighted by molar-refractivity contribution is 6.30. The first-order chi connectivity index (χ1) is 9.13. The molecule has 104 valence electrons. The number of carbonyl (C=O) groups excluding carboxylic acids is 1. The Morgan fingerprint density at radius 2 is 2.37 bits per heavy atom. The van der Waals surface area contributed by atoms with Gasteiger partial charge in [-0.15, -0.1) is 0 Å². The van der Waals surface area contributed by atoms with Gasteiger partial charge in [-0.1, -0.05) is 23.7 Å². The molecule has 3 N–H and O–H groups in total. The monoisotopic (exact) mass is 281 g/mol. The van der Waals surface area contributed by atoms with Crippen LogP contribution in [0.1, 0.15) is 12.0 Å². The first kappa shape index (κ1) is 14.3. The Morgan fingerprint density at radius 1 is 1.53 bits per heavy atom. The molecular weight excluding hydrogens is 262 g/mol. The summed E-state index contributed by atoms with van der Waals surface area (Å²) >= 11 is 5.91. The maximum atomic E-state index is 11.7. The molecule has 1 unspecified atom stereocenters. The molecule has 1 fully saturated rings. The van der Waals surface area contributed by atoms with Gasteiger partial charge in [0.2, 0.25) is 5.91 Å². The summed E-state index contributed by atoms with van der Waals surface area (Å²) in [6, 6.07) is 7.93. The van der Waals surface area contributed by atoms with Crippen molar-refractivity contribution >= 4 is 17.5 Å². The van der Waals surface area contributed by atoms with Gasteiger partial charge in [0.05, 0.1) is 6.54 Å². The van der Waals surface area contributed by atoms with Gasteiger partial charge in [-0.25, -0.2) is 0 Å². The van der Waals surface area contributed by atoms with E-state index in [0.717, 1.165) is 36.5 Å². The van der Waals surface area contributed by atoms with Crippen molar-refractivity contribution in [3.63, 3.8) is 0 Å². The highest BCUT2D eigenvalue weighted by Gasteiger charge is 2.20. The van der Waals surface area contributed by atoms with E-state index in [0.29, 0.717) is 13.1 Å². The van der Waals surface area contributed by atoms with Gasteiger partial charge in [0, 0.05) is 30.7 Å². The summed E-state index contributed by atoms with van der Waals surface area (Å²) in [6.07, 6.45) is 1.78. The lowest BCUT2D eigenvalue weighted by Crippen LogP contribution is -2.38. The molecule has 1 aliphatic rings. The quantitative estimate of drug-likeness (QED) is 0.848. The van der Waals surface area contributed by atoms with E-state index < -0.39 is 0 Å². The fourth-order valence-corrected chi connectivity index (χ4v) is 2.52. The van der Waals surface area contributed by atoms with Crippen LogP contribution in [0.4, 0.5) is 0 Å². The van der Waals surface area contributed by atoms with Gasteiger partial charge in [0.1, 0.15) is 0 Å². The highest BCUT2D eigenvalue weighted by atomic mass is 35.5. The molecule has 0 bridgehead atoms. The molecule has 0 saturated carbocycles. The lowest BCUT2D eigenvalue weighted by atomic mass is 10.1. The van der Waals surface area contributed by atoms with Crippen molar-refractivity contribution in [2.24, 2.45) is 5.73 Å². The van der Waals surface area contributed by atoms with Crippen LogP contribution in [-0.4, -0.2) is 43.0 Å². The summed E-state index contributed by atoms with van der Waals surface area (Å²) in [5.41, 5.74) is 6.94. The lowest BCUT2D eigenvalue weighted by Gasteiger charge is -2.14. The van der Waals surface area contributed by atoms with Crippen molar-refractivity contribution in [2.45, 2.75) is 18.9 Å². The third-order valence-corrected chi connectivity index (χ3v) is 3.54. The summed E-state index contributed by atoms with van der Waals surface area (Å²) < 4.78 is 0. The van der Waals surface area contributed by atoms with Gasteiger partial charge >= 0.3 is 0 Å². The SMILES string of the molecule is NC1CCN(CC(=O)NCCc2cccc(Cl)c2)C1. The number of amides is 1. The Hall–Kier alpha value is -1.10. The summed E-state index contributed by atoms with van der Waals surface area (Å²) in [7, 11) is 0. The number of hydrogen-bond donors (Lipinski definition) is 2. The van der Waals surface area contributed by atoms with E-state index in [1.165, 1.54) is 0 Å². The van der Waals surface area contributed by atoms with Crippen LogP contribution in [0.15, 0.2) is 24.3 Å². The molecule has 0 aromatic heterocycles. The van der Waals surface area contributed by atoms with E-state index in [-0.39, 0.29) is 11.9 Å². The number of rotatable bonds is 5. The standard InChI is InChI=1S/C14H20ClN3O/c15-12-3-1-2-11(8-12)4-6-17-14(19)10-18-7-5-13(16)9-18/h1-3,8,13H,4-7,9-10,16H2,(H,17,19). The molecule has 1 aliphatic heterocycles. The maximum Gasteiger partial charge on any atom is 0.234 e. The largest absolute Gasteiger partial charge is 0.355 e. The van der Waals surface area contributed by atoms with Gasteiger partial charge in [-0.3, -0.25) is 9.69 Å². The molecule has 19 heavy (non-hydrogen) atoms. The molecule has 1 heterocycles. The first-order valence-electron chi connectivity index (χ1n) is 6.62. The van der Waals surface area contributed by atoms with Crippen LogP contribution >= 0.6 is 11.6 Å². The minimum absolute atomic E-state index is 0.0659. The number of halogens is 1. The average molecular weight is 282 g/mol. The van der Waals surface area contributed by atoms with Crippen LogP contribution in [-0.2, 0) is 11.2 Å². The van der Waals surface area contributed by atoms with Crippen LogP contribution in [0.25, 0.3) is 0 Å². The molecule has 1 atom stereocenters. The minimum Gasteiger partial charge on any atom is -0.355 e. The Balaban J connectivity index is 1.66. The maximum absolute atomic E-state index is 11.7. The number of likely N-dealkylation sites (tertiary alicyclic amines) is 1. The van der Waals surface area contributed by atoms with E-state index in [9.17, 15) is 4.79 Å². The van der Waals surface area contributed by atoms with Crippen LogP contribution in [0, 0.1) is 0 Å². The number of hydrogen-bond acceptors (Lipinski definition) is 3. The molecule has 5 heteroatoms. The van der Waals surface area contributed by atoms with Crippen LogP contribution in [0.3, 0.4) is 0 Å². The molecule has 1 aromatic carbocycles. The topological polar surface area (TPSA) is 58.4 Å². The zero-order valence-corrected chi connectivity index (χ0v) is 11.7. The number of benzene rings is 1. The normalized spacial score (nSPS) is 19.6. The fraction of sp³-hybridized carbons (Fsp3) is 0.500. The molecule has 1 aromatic rings. The van der Waals surface area contributed by atoms with E-state index in [1.54, 1.807) is 0 Å². The molecule has 0 spiro atoms. The molecule has 0 radical (unpaired) electrons. The summed E-state index contributed by atoms with van der Waals surface area (Å²) in [6.45, 7) is 2.83. The second-order valence-electron chi connectivity index (χ2n) is 5.01. The van der Waals surface area contributed by atoms with Crippen molar-refractivity contribution in [3.8, 4) is 0 Å². The molecule has 1 saturated heterocycles. The van der Waals surface area contributed by atoms with Gasteiger partial charge in [-0.05, 0) is 30.5 Å².